The number of rotatable bonds is 6. The normalized spacial score (nSPS) is 10.6. The molecule has 0 aliphatic carbocycles. The lowest BCUT2D eigenvalue weighted by Crippen LogP contribution is -2.20. The molecule has 4 rings (SSSR count). The monoisotopic (exact) mass is 415 g/mol. The highest BCUT2D eigenvalue weighted by Gasteiger charge is 2.10. The number of para-hydroxylation sites is 2. The van der Waals surface area contributed by atoms with Gasteiger partial charge in [-0.05, 0) is 55.8 Å². The maximum atomic E-state index is 12.4. The molecule has 1 heterocycles. The fourth-order valence-electron chi connectivity index (χ4n) is 3.12. The topological polar surface area (TPSA) is 77.8 Å². The SMILES string of the molecule is Cc1ccc(Oc2ccccc2NC(=O)COc2ccc3c(C)cc(=O)oc3c2)cc1. The zero-order valence-electron chi connectivity index (χ0n) is 17.2. The zero-order chi connectivity index (χ0) is 21.8. The average molecular weight is 415 g/mol. The first-order valence-electron chi connectivity index (χ1n) is 9.79. The van der Waals surface area contributed by atoms with E-state index in [1.54, 1.807) is 30.3 Å². The number of benzene rings is 3. The lowest BCUT2D eigenvalue weighted by molar-refractivity contribution is -0.118. The number of carbonyl (C=O) groups excluding carboxylic acids is 1. The molecule has 1 amide bonds. The smallest absolute Gasteiger partial charge is 0.336 e. The van der Waals surface area contributed by atoms with Gasteiger partial charge in [0, 0.05) is 17.5 Å². The second-order valence-electron chi connectivity index (χ2n) is 7.15. The molecule has 0 unspecified atom stereocenters. The van der Waals surface area contributed by atoms with Crippen LogP contribution in [0, 0.1) is 13.8 Å². The van der Waals surface area contributed by atoms with Crippen LogP contribution in [0.25, 0.3) is 11.0 Å². The molecule has 6 heteroatoms. The van der Waals surface area contributed by atoms with Crippen molar-refractivity contribution in [1.29, 1.82) is 0 Å². The minimum atomic E-state index is -0.426. The van der Waals surface area contributed by atoms with E-state index < -0.39 is 5.63 Å². The molecule has 4 aromatic rings. The van der Waals surface area contributed by atoms with Gasteiger partial charge in [-0.2, -0.15) is 0 Å². The number of ether oxygens (including phenoxy) is 2. The Kier molecular flexibility index (Phi) is 5.71. The number of amides is 1. The van der Waals surface area contributed by atoms with Gasteiger partial charge in [0.05, 0.1) is 5.69 Å². The maximum Gasteiger partial charge on any atom is 0.336 e. The van der Waals surface area contributed by atoms with Gasteiger partial charge in [-0.1, -0.05) is 29.8 Å². The number of fused-ring (bicyclic) bond motifs is 1. The summed E-state index contributed by atoms with van der Waals surface area (Å²) in [6.07, 6.45) is 0. The Labute approximate surface area is 179 Å². The van der Waals surface area contributed by atoms with Crippen molar-refractivity contribution in [2.75, 3.05) is 11.9 Å². The van der Waals surface area contributed by atoms with E-state index in [-0.39, 0.29) is 12.5 Å². The minimum Gasteiger partial charge on any atom is -0.484 e. The number of nitrogens with one attached hydrogen (secondary N) is 1. The molecule has 0 aliphatic rings. The second kappa shape index (κ2) is 8.75. The molecule has 31 heavy (non-hydrogen) atoms. The van der Waals surface area contributed by atoms with E-state index in [1.807, 2.05) is 50.2 Å². The molecule has 0 spiro atoms. The molecule has 156 valence electrons. The zero-order valence-corrected chi connectivity index (χ0v) is 17.2. The fourth-order valence-corrected chi connectivity index (χ4v) is 3.12. The first-order valence-corrected chi connectivity index (χ1v) is 9.79. The van der Waals surface area contributed by atoms with Crippen LogP contribution in [0.15, 0.2) is 82.0 Å². The summed E-state index contributed by atoms with van der Waals surface area (Å²) in [4.78, 5) is 24.0. The first kappa shape index (κ1) is 20.2. The van der Waals surface area contributed by atoms with Gasteiger partial charge in [0.25, 0.3) is 5.91 Å². The molecule has 1 N–H and O–H groups in total. The van der Waals surface area contributed by atoms with Crippen LogP contribution >= 0.6 is 0 Å². The van der Waals surface area contributed by atoms with Crippen LogP contribution in [0.5, 0.6) is 17.2 Å². The minimum absolute atomic E-state index is 0.208. The van der Waals surface area contributed by atoms with Crippen molar-refractivity contribution < 1.29 is 18.7 Å². The van der Waals surface area contributed by atoms with Gasteiger partial charge in [0.2, 0.25) is 0 Å². The van der Waals surface area contributed by atoms with Crippen LogP contribution in [-0.4, -0.2) is 12.5 Å². The van der Waals surface area contributed by atoms with E-state index in [0.717, 1.165) is 16.5 Å². The van der Waals surface area contributed by atoms with Gasteiger partial charge in [-0.15, -0.1) is 0 Å². The van der Waals surface area contributed by atoms with Crippen LogP contribution in [0.4, 0.5) is 5.69 Å². The van der Waals surface area contributed by atoms with Crippen molar-refractivity contribution in [3.63, 3.8) is 0 Å². The van der Waals surface area contributed by atoms with E-state index in [1.165, 1.54) is 6.07 Å². The second-order valence-corrected chi connectivity index (χ2v) is 7.15. The molecular weight excluding hydrogens is 394 g/mol. The summed E-state index contributed by atoms with van der Waals surface area (Å²) in [6, 6.07) is 21.4. The highest BCUT2D eigenvalue weighted by atomic mass is 16.5. The lowest BCUT2D eigenvalue weighted by Gasteiger charge is -2.13. The predicted octanol–water partition coefficient (Wildman–Crippen LogP) is 5.22. The van der Waals surface area contributed by atoms with E-state index in [2.05, 4.69) is 5.32 Å². The molecule has 3 aromatic carbocycles. The average Bonchev–Trinajstić information content (AvgIpc) is 2.75. The standard InChI is InChI=1S/C25H21NO5/c1-16-7-9-18(10-8-16)30-22-6-4-3-5-21(22)26-24(27)15-29-19-11-12-20-17(2)13-25(28)31-23(20)14-19/h3-14H,15H2,1-2H3,(H,26,27). The molecule has 0 bridgehead atoms. The number of carbonyl (C=O) groups is 1. The Bertz CT molecular complexity index is 1290. The van der Waals surface area contributed by atoms with Crippen LogP contribution < -0.4 is 20.4 Å². The summed E-state index contributed by atoms with van der Waals surface area (Å²) in [5, 5.41) is 3.62. The van der Waals surface area contributed by atoms with Crippen molar-refractivity contribution in [3.8, 4) is 17.2 Å². The third-order valence-electron chi connectivity index (χ3n) is 4.70. The Balaban J connectivity index is 1.43. The highest BCUT2D eigenvalue weighted by Crippen LogP contribution is 2.29. The Morgan fingerprint density at radius 3 is 2.48 bits per heavy atom. The molecule has 1 aromatic heterocycles. The summed E-state index contributed by atoms with van der Waals surface area (Å²) in [5.41, 5.74) is 2.48. The van der Waals surface area contributed by atoms with E-state index in [4.69, 9.17) is 13.9 Å². The summed E-state index contributed by atoms with van der Waals surface area (Å²) < 4.78 is 16.7. The molecule has 0 aliphatic heterocycles. The van der Waals surface area contributed by atoms with Gasteiger partial charge in [-0.25, -0.2) is 4.79 Å². The van der Waals surface area contributed by atoms with E-state index in [0.29, 0.717) is 28.5 Å². The number of hydrogen-bond acceptors (Lipinski definition) is 5. The number of hydrogen-bond donors (Lipinski definition) is 1. The van der Waals surface area contributed by atoms with Crippen LogP contribution in [0.1, 0.15) is 11.1 Å². The first-order chi connectivity index (χ1) is 15.0. The molecule has 0 fully saturated rings. The summed E-state index contributed by atoms with van der Waals surface area (Å²) in [6.45, 7) is 3.63. The van der Waals surface area contributed by atoms with Gasteiger partial charge in [0.1, 0.15) is 17.1 Å². The molecule has 0 saturated carbocycles. The van der Waals surface area contributed by atoms with Crippen LogP contribution in [0.3, 0.4) is 0 Å². The van der Waals surface area contributed by atoms with Gasteiger partial charge in [-0.3, -0.25) is 4.79 Å². The number of aryl methyl sites for hydroxylation is 2. The van der Waals surface area contributed by atoms with Crippen LogP contribution in [0.2, 0.25) is 0 Å². The van der Waals surface area contributed by atoms with Gasteiger partial charge >= 0.3 is 5.63 Å². The maximum absolute atomic E-state index is 12.4. The molecule has 6 nitrogen and oxygen atoms in total. The summed E-state index contributed by atoms with van der Waals surface area (Å²) in [5.74, 6) is 1.30. The molecule has 0 atom stereocenters. The third kappa shape index (κ3) is 4.93. The highest BCUT2D eigenvalue weighted by molar-refractivity contribution is 5.93. The van der Waals surface area contributed by atoms with Gasteiger partial charge in [0.15, 0.2) is 12.4 Å². The van der Waals surface area contributed by atoms with Crippen molar-refractivity contribution in [2.45, 2.75) is 13.8 Å². The molecule has 0 saturated heterocycles. The van der Waals surface area contributed by atoms with E-state index in [9.17, 15) is 9.59 Å². The Morgan fingerprint density at radius 2 is 1.68 bits per heavy atom. The van der Waals surface area contributed by atoms with E-state index >= 15 is 0 Å². The summed E-state index contributed by atoms with van der Waals surface area (Å²) >= 11 is 0. The summed E-state index contributed by atoms with van der Waals surface area (Å²) in [7, 11) is 0. The van der Waals surface area contributed by atoms with Crippen molar-refractivity contribution >= 4 is 22.6 Å². The van der Waals surface area contributed by atoms with Crippen LogP contribution in [-0.2, 0) is 4.79 Å². The Hall–Kier alpha value is -4.06. The van der Waals surface area contributed by atoms with Crippen molar-refractivity contribution in [2.24, 2.45) is 0 Å². The molecular formula is C25H21NO5. The molecule has 0 radical (unpaired) electrons. The van der Waals surface area contributed by atoms with Crippen molar-refractivity contribution in [3.05, 3.63) is 94.3 Å². The fraction of sp³-hybridized carbons (Fsp3) is 0.120. The third-order valence-corrected chi connectivity index (χ3v) is 4.70. The Morgan fingerprint density at radius 1 is 0.935 bits per heavy atom. The predicted molar refractivity (Wildman–Crippen MR) is 119 cm³/mol. The number of anilines is 1. The van der Waals surface area contributed by atoms with Crippen molar-refractivity contribution in [1.82, 2.24) is 0 Å². The quantitative estimate of drug-likeness (QED) is 0.437. The largest absolute Gasteiger partial charge is 0.484 e. The lowest BCUT2D eigenvalue weighted by atomic mass is 10.1. The van der Waals surface area contributed by atoms with Gasteiger partial charge < -0.3 is 19.2 Å².